The number of carbonyl (C=O) groups excluding carboxylic acids is 2. The summed E-state index contributed by atoms with van der Waals surface area (Å²) in [6.07, 6.45) is 0. The van der Waals surface area contributed by atoms with E-state index in [1.807, 2.05) is 18.2 Å². The summed E-state index contributed by atoms with van der Waals surface area (Å²) in [7, 11) is 0. The second kappa shape index (κ2) is 7.09. The summed E-state index contributed by atoms with van der Waals surface area (Å²) in [6.45, 7) is 1.93. The van der Waals surface area contributed by atoms with E-state index in [0.29, 0.717) is 22.4 Å². The van der Waals surface area contributed by atoms with Crippen LogP contribution in [0.15, 0.2) is 60.2 Å². The quantitative estimate of drug-likeness (QED) is 0.748. The van der Waals surface area contributed by atoms with Gasteiger partial charge in [0.25, 0.3) is 0 Å². The number of esters is 1. The molecule has 3 rings (SSSR count). The molecule has 128 valence electrons. The summed E-state index contributed by atoms with van der Waals surface area (Å²) in [5, 5.41) is 15.2. The van der Waals surface area contributed by atoms with Gasteiger partial charge in [-0.25, -0.2) is 9.59 Å². The van der Waals surface area contributed by atoms with Gasteiger partial charge >= 0.3 is 12.0 Å². The number of nitrogens with one attached hydrogen (secondary N) is 2. The fourth-order valence-electron chi connectivity index (χ4n) is 2.78. The van der Waals surface area contributed by atoms with Crippen molar-refractivity contribution < 1.29 is 19.4 Å². The van der Waals surface area contributed by atoms with Gasteiger partial charge in [0, 0.05) is 0 Å². The molecule has 0 aromatic heterocycles. The van der Waals surface area contributed by atoms with E-state index in [1.165, 1.54) is 12.1 Å². The van der Waals surface area contributed by atoms with Crippen LogP contribution in [0.25, 0.3) is 5.70 Å². The van der Waals surface area contributed by atoms with Crippen molar-refractivity contribution in [2.75, 3.05) is 6.61 Å². The van der Waals surface area contributed by atoms with E-state index in [0.717, 1.165) is 0 Å². The number of carbonyl (C=O) groups is 2. The summed E-state index contributed by atoms with van der Waals surface area (Å²) in [4.78, 5) is 24.8. The number of rotatable bonds is 4. The highest BCUT2D eigenvalue weighted by Gasteiger charge is 2.34. The molecule has 0 saturated heterocycles. The summed E-state index contributed by atoms with van der Waals surface area (Å²) >= 11 is 0. The molecule has 6 heteroatoms. The number of amides is 2. The van der Waals surface area contributed by atoms with E-state index in [4.69, 9.17) is 4.74 Å². The van der Waals surface area contributed by atoms with Crippen LogP contribution in [0.1, 0.15) is 24.1 Å². The molecular weight excluding hydrogens is 320 g/mol. The van der Waals surface area contributed by atoms with Gasteiger partial charge in [-0.05, 0) is 30.2 Å². The van der Waals surface area contributed by atoms with Gasteiger partial charge in [-0.2, -0.15) is 0 Å². The Balaban J connectivity index is 2.18. The lowest BCUT2D eigenvalue weighted by atomic mass is 9.92. The maximum Gasteiger partial charge on any atom is 0.338 e. The third-order valence-electron chi connectivity index (χ3n) is 3.83. The Morgan fingerprint density at radius 1 is 1.16 bits per heavy atom. The first-order valence-corrected chi connectivity index (χ1v) is 7.93. The molecule has 2 aromatic rings. The summed E-state index contributed by atoms with van der Waals surface area (Å²) in [5.74, 6) is -0.475. The van der Waals surface area contributed by atoms with Crippen molar-refractivity contribution in [1.82, 2.24) is 10.6 Å². The largest absolute Gasteiger partial charge is 0.508 e. The molecule has 0 spiro atoms. The lowest BCUT2D eigenvalue weighted by Gasteiger charge is -2.29. The molecule has 0 radical (unpaired) electrons. The van der Waals surface area contributed by atoms with Crippen LogP contribution < -0.4 is 10.6 Å². The molecule has 1 heterocycles. The molecule has 2 amide bonds. The highest BCUT2D eigenvalue weighted by Crippen LogP contribution is 2.32. The molecule has 1 aliphatic heterocycles. The second-order valence-electron chi connectivity index (χ2n) is 5.50. The van der Waals surface area contributed by atoms with Crippen LogP contribution in [0.3, 0.4) is 0 Å². The van der Waals surface area contributed by atoms with Crippen LogP contribution in [-0.4, -0.2) is 23.7 Å². The number of benzene rings is 2. The third-order valence-corrected chi connectivity index (χ3v) is 3.83. The molecule has 25 heavy (non-hydrogen) atoms. The molecule has 0 saturated carbocycles. The average molecular weight is 338 g/mol. The lowest BCUT2D eigenvalue weighted by molar-refractivity contribution is -0.138. The Hall–Kier alpha value is -3.28. The second-order valence-corrected chi connectivity index (χ2v) is 5.50. The summed E-state index contributed by atoms with van der Waals surface area (Å²) in [5.41, 5.74) is 1.98. The standard InChI is InChI=1S/C19H18N2O4/c1-2-25-18(23)15-16(12-7-4-3-5-8-12)20-19(24)21-17(15)13-9-6-10-14(22)11-13/h3-11,17,22H,2H2,1H3,(H2,20,21,24)/t17-/m1/s1. The summed E-state index contributed by atoms with van der Waals surface area (Å²) in [6, 6.07) is 14.4. The van der Waals surface area contributed by atoms with Crippen LogP contribution >= 0.6 is 0 Å². The van der Waals surface area contributed by atoms with Gasteiger partial charge in [0.15, 0.2) is 0 Å². The van der Waals surface area contributed by atoms with Crippen LogP contribution in [0.5, 0.6) is 5.75 Å². The predicted molar refractivity (Wildman–Crippen MR) is 92.5 cm³/mol. The highest BCUT2D eigenvalue weighted by molar-refractivity contribution is 6.04. The van der Waals surface area contributed by atoms with Crippen LogP contribution in [0.4, 0.5) is 4.79 Å². The van der Waals surface area contributed by atoms with Crippen molar-refractivity contribution in [2.24, 2.45) is 0 Å². The Morgan fingerprint density at radius 3 is 2.60 bits per heavy atom. The van der Waals surface area contributed by atoms with E-state index in [9.17, 15) is 14.7 Å². The first-order chi connectivity index (χ1) is 12.1. The number of ether oxygens (including phenoxy) is 1. The SMILES string of the molecule is CCOC(=O)C1=C(c2ccccc2)NC(=O)N[C@@H]1c1cccc(O)c1. The van der Waals surface area contributed by atoms with Crippen molar-refractivity contribution in [3.63, 3.8) is 0 Å². The first kappa shape index (κ1) is 16.6. The number of urea groups is 1. The number of hydrogen-bond donors (Lipinski definition) is 3. The number of hydrogen-bond acceptors (Lipinski definition) is 4. The molecule has 0 fully saturated rings. The van der Waals surface area contributed by atoms with Gasteiger partial charge in [0.1, 0.15) is 5.75 Å². The van der Waals surface area contributed by atoms with Crippen molar-refractivity contribution in [3.8, 4) is 5.75 Å². The third kappa shape index (κ3) is 3.47. The molecule has 1 atom stereocenters. The minimum atomic E-state index is -0.727. The molecule has 2 aromatic carbocycles. The minimum absolute atomic E-state index is 0.0507. The predicted octanol–water partition coefficient (Wildman–Crippen LogP) is 2.72. The van der Waals surface area contributed by atoms with E-state index in [1.54, 1.807) is 31.2 Å². The van der Waals surface area contributed by atoms with E-state index in [2.05, 4.69) is 10.6 Å². The van der Waals surface area contributed by atoms with Gasteiger partial charge in [-0.15, -0.1) is 0 Å². The van der Waals surface area contributed by atoms with Crippen molar-refractivity contribution in [2.45, 2.75) is 13.0 Å². The molecule has 3 N–H and O–H groups in total. The lowest BCUT2D eigenvalue weighted by Crippen LogP contribution is -2.45. The van der Waals surface area contributed by atoms with Crippen molar-refractivity contribution >= 4 is 17.7 Å². The molecule has 6 nitrogen and oxygen atoms in total. The van der Waals surface area contributed by atoms with Gasteiger partial charge < -0.3 is 20.5 Å². The fraction of sp³-hybridized carbons (Fsp3) is 0.158. The minimum Gasteiger partial charge on any atom is -0.508 e. The zero-order chi connectivity index (χ0) is 17.8. The van der Waals surface area contributed by atoms with Crippen molar-refractivity contribution in [3.05, 3.63) is 71.3 Å². The molecule has 0 unspecified atom stereocenters. The molecule has 0 bridgehead atoms. The zero-order valence-corrected chi connectivity index (χ0v) is 13.7. The van der Waals surface area contributed by atoms with Gasteiger partial charge in [-0.3, -0.25) is 0 Å². The van der Waals surface area contributed by atoms with Gasteiger partial charge in [0.05, 0.1) is 23.9 Å². The van der Waals surface area contributed by atoms with Gasteiger partial charge in [-0.1, -0.05) is 42.5 Å². The smallest absolute Gasteiger partial charge is 0.338 e. The number of phenolic OH excluding ortho intramolecular Hbond substituents is 1. The number of phenols is 1. The van der Waals surface area contributed by atoms with E-state index >= 15 is 0 Å². The first-order valence-electron chi connectivity index (χ1n) is 7.93. The maximum absolute atomic E-state index is 12.6. The zero-order valence-electron chi connectivity index (χ0n) is 13.7. The topological polar surface area (TPSA) is 87.7 Å². The molecular formula is C19H18N2O4. The normalized spacial score (nSPS) is 16.8. The van der Waals surface area contributed by atoms with Crippen LogP contribution in [0.2, 0.25) is 0 Å². The van der Waals surface area contributed by atoms with Gasteiger partial charge in [0.2, 0.25) is 0 Å². The Morgan fingerprint density at radius 2 is 1.92 bits per heavy atom. The monoisotopic (exact) mass is 338 g/mol. The fourth-order valence-corrected chi connectivity index (χ4v) is 2.78. The number of aromatic hydroxyl groups is 1. The van der Waals surface area contributed by atoms with E-state index in [-0.39, 0.29) is 12.4 Å². The van der Waals surface area contributed by atoms with Crippen LogP contribution in [-0.2, 0) is 9.53 Å². The highest BCUT2D eigenvalue weighted by atomic mass is 16.5. The Labute approximate surface area is 145 Å². The maximum atomic E-state index is 12.6. The van der Waals surface area contributed by atoms with E-state index < -0.39 is 18.0 Å². The summed E-state index contributed by atoms with van der Waals surface area (Å²) < 4.78 is 5.20. The Bertz CT molecular complexity index is 830. The van der Waals surface area contributed by atoms with Crippen LogP contribution in [0, 0.1) is 0 Å². The van der Waals surface area contributed by atoms with Crippen molar-refractivity contribution in [1.29, 1.82) is 0 Å². The average Bonchev–Trinajstić information content (AvgIpc) is 2.62. The molecule has 1 aliphatic rings. The Kier molecular flexibility index (Phi) is 4.70. The molecule has 0 aliphatic carbocycles.